The predicted octanol–water partition coefficient (Wildman–Crippen LogP) is 1.54. The molecule has 2 aromatic heterocycles. The minimum atomic E-state index is -3.94. The highest BCUT2D eigenvalue weighted by molar-refractivity contribution is 7.92. The number of amides is 1. The zero-order valence-corrected chi connectivity index (χ0v) is 17.9. The van der Waals surface area contributed by atoms with Gasteiger partial charge in [0.25, 0.3) is 11.5 Å². The number of carbonyl (C=O) groups is 1. The Labute approximate surface area is 173 Å². The number of hydrogen-bond donors (Lipinski definition) is 2. The summed E-state index contributed by atoms with van der Waals surface area (Å²) in [6.45, 7) is 4.42. The van der Waals surface area contributed by atoms with Crippen molar-refractivity contribution in [3.05, 3.63) is 46.8 Å². The number of nitrogens with one attached hydrogen (secondary N) is 1. The van der Waals surface area contributed by atoms with Crippen LogP contribution in [0.25, 0.3) is 11.1 Å². The summed E-state index contributed by atoms with van der Waals surface area (Å²) >= 11 is 0. The van der Waals surface area contributed by atoms with Crippen LogP contribution in [0, 0.1) is 5.82 Å². The number of sulfone groups is 1. The van der Waals surface area contributed by atoms with Crippen molar-refractivity contribution >= 4 is 15.7 Å². The van der Waals surface area contributed by atoms with Crippen molar-refractivity contribution in [2.75, 3.05) is 6.26 Å². The summed E-state index contributed by atoms with van der Waals surface area (Å²) in [4.78, 5) is 28.5. The lowest BCUT2D eigenvalue weighted by atomic mass is 10.1. The van der Waals surface area contributed by atoms with Crippen LogP contribution in [0.5, 0.6) is 5.88 Å². The van der Waals surface area contributed by atoms with Crippen LogP contribution in [0.2, 0.25) is 0 Å². The number of carbonyl (C=O) groups excluding carboxylic acids is 1. The second-order valence-electron chi connectivity index (χ2n) is 7.28. The van der Waals surface area contributed by atoms with E-state index in [1.165, 1.54) is 11.7 Å². The molecule has 1 atom stereocenters. The van der Waals surface area contributed by atoms with Gasteiger partial charge in [-0.15, -0.1) is 0 Å². The predicted molar refractivity (Wildman–Crippen MR) is 107 cm³/mol. The molecule has 11 heteroatoms. The van der Waals surface area contributed by atoms with Crippen LogP contribution in [0.1, 0.15) is 27.2 Å². The summed E-state index contributed by atoms with van der Waals surface area (Å²) in [6.07, 6.45) is 2.69. The molecular weight excluding hydrogens is 417 g/mol. The Bertz CT molecular complexity index is 1100. The lowest BCUT2D eigenvalue weighted by Gasteiger charge is -2.25. The van der Waals surface area contributed by atoms with Gasteiger partial charge < -0.3 is 9.30 Å². The van der Waals surface area contributed by atoms with Crippen LogP contribution in [0.3, 0.4) is 0 Å². The van der Waals surface area contributed by atoms with E-state index in [0.717, 1.165) is 30.0 Å². The molecule has 1 unspecified atom stereocenters. The van der Waals surface area contributed by atoms with Crippen molar-refractivity contribution in [1.82, 2.24) is 15.0 Å². The van der Waals surface area contributed by atoms with Gasteiger partial charge in [0.15, 0.2) is 14.6 Å². The van der Waals surface area contributed by atoms with Gasteiger partial charge in [0, 0.05) is 42.4 Å². The molecule has 9 nitrogen and oxygen atoms in total. The second kappa shape index (κ2) is 8.92. The Morgan fingerprint density at radius 2 is 2.07 bits per heavy atom. The normalized spacial score (nSPS) is 13.7. The first-order chi connectivity index (χ1) is 13.9. The molecular formula is C19H24FN3O6S. The second-order valence-corrected chi connectivity index (χ2v) is 9.73. The smallest absolute Gasteiger partial charge is 0.264 e. The molecule has 30 heavy (non-hydrogen) atoms. The highest BCUT2D eigenvalue weighted by Gasteiger charge is 2.43. The van der Waals surface area contributed by atoms with E-state index in [-0.39, 0.29) is 30.5 Å². The Hall–Kier alpha value is -2.79. The first-order valence-electron chi connectivity index (χ1n) is 9.07. The molecule has 2 N–H and O–H groups in total. The van der Waals surface area contributed by atoms with E-state index in [1.807, 2.05) is 0 Å². The van der Waals surface area contributed by atoms with Crippen LogP contribution in [0.4, 0.5) is 4.39 Å². The van der Waals surface area contributed by atoms with Crippen molar-refractivity contribution in [3.63, 3.8) is 0 Å². The number of ether oxygens (including phenoxy) is 1. The first kappa shape index (κ1) is 23.5. The van der Waals surface area contributed by atoms with Crippen LogP contribution in [-0.2, 0) is 21.2 Å². The minimum absolute atomic E-state index is 0.0148. The SMILES string of the molecule is CC(C)Oc1ncccc1-c1cc(=O)n(CCC(C)(C(=O)NO)S(C)(=O)=O)cc1F. The van der Waals surface area contributed by atoms with Crippen LogP contribution in [0.15, 0.2) is 35.4 Å². The number of rotatable bonds is 8. The van der Waals surface area contributed by atoms with E-state index in [0.29, 0.717) is 5.56 Å². The first-order valence-corrected chi connectivity index (χ1v) is 11.0. The van der Waals surface area contributed by atoms with Crippen molar-refractivity contribution in [2.24, 2.45) is 0 Å². The van der Waals surface area contributed by atoms with Gasteiger partial charge >= 0.3 is 0 Å². The van der Waals surface area contributed by atoms with Crippen molar-refractivity contribution in [2.45, 2.75) is 44.6 Å². The van der Waals surface area contributed by atoms with Gasteiger partial charge in [0.05, 0.1) is 6.10 Å². The zero-order valence-electron chi connectivity index (χ0n) is 17.0. The van der Waals surface area contributed by atoms with Crippen LogP contribution < -0.4 is 15.8 Å². The summed E-state index contributed by atoms with van der Waals surface area (Å²) in [5.41, 5.74) is 1.01. The Balaban J connectivity index is 2.41. The quantitative estimate of drug-likeness (QED) is 0.470. The molecule has 164 valence electrons. The van der Waals surface area contributed by atoms with Gasteiger partial charge in [0.2, 0.25) is 5.88 Å². The molecule has 0 aromatic carbocycles. The number of aryl methyl sites for hydroxylation is 1. The molecule has 0 fully saturated rings. The highest BCUT2D eigenvalue weighted by atomic mass is 32.2. The fourth-order valence-corrected chi connectivity index (χ4v) is 3.60. The van der Waals surface area contributed by atoms with E-state index in [9.17, 15) is 22.4 Å². The Morgan fingerprint density at radius 1 is 1.40 bits per heavy atom. The van der Waals surface area contributed by atoms with Gasteiger partial charge in [0.1, 0.15) is 5.82 Å². The third kappa shape index (κ3) is 4.85. The molecule has 0 aliphatic heterocycles. The molecule has 1 amide bonds. The van der Waals surface area contributed by atoms with Crippen LogP contribution >= 0.6 is 0 Å². The van der Waals surface area contributed by atoms with Gasteiger partial charge in [-0.2, -0.15) is 0 Å². The number of halogens is 1. The van der Waals surface area contributed by atoms with E-state index in [2.05, 4.69) is 4.98 Å². The summed E-state index contributed by atoms with van der Waals surface area (Å²) in [7, 11) is -3.94. The molecule has 0 aliphatic rings. The Morgan fingerprint density at radius 3 is 2.63 bits per heavy atom. The standard InChI is InChI=1S/C19H24FN3O6S/c1-12(2)29-17-13(6-5-8-21-17)14-10-16(24)23(11-15(14)20)9-7-19(3,18(25)22-26)30(4,27)28/h5-6,8,10-12,26H,7,9H2,1-4H3,(H,22,25). The summed E-state index contributed by atoms with van der Waals surface area (Å²) < 4.78 is 43.4. The molecule has 2 aromatic rings. The molecule has 2 rings (SSSR count). The van der Waals surface area contributed by atoms with Gasteiger partial charge in [-0.1, -0.05) is 0 Å². The van der Waals surface area contributed by atoms with Crippen molar-refractivity contribution < 1.29 is 27.5 Å². The van der Waals surface area contributed by atoms with Gasteiger partial charge in [-0.25, -0.2) is 23.3 Å². The third-order valence-corrected chi connectivity index (χ3v) is 6.74. The number of pyridine rings is 2. The van der Waals surface area contributed by atoms with Gasteiger partial charge in [-0.3, -0.25) is 14.8 Å². The number of hydrogen-bond acceptors (Lipinski definition) is 7. The third-order valence-electron chi connectivity index (χ3n) is 4.72. The lowest BCUT2D eigenvalue weighted by Crippen LogP contribution is -2.50. The molecule has 0 saturated heterocycles. The number of aromatic nitrogens is 2. The van der Waals surface area contributed by atoms with Crippen LogP contribution in [-0.4, -0.2) is 46.2 Å². The molecule has 2 heterocycles. The molecule has 0 saturated carbocycles. The lowest BCUT2D eigenvalue weighted by molar-refractivity contribution is -0.131. The fourth-order valence-electron chi connectivity index (χ4n) is 2.76. The van der Waals surface area contributed by atoms with E-state index in [1.54, 1.807) is 26.0 Å². The topological polar surface area (TPSA) is 128 Å². The summed E-state index contributed by atoms with van der Waals surface area (Å²) in [5, 5.41) is 8.87. The Kier molecular flexibility index (Phi) is 6.99. The van der Waals surface area contributed by atoms with Crippen molar-refractivity contribution in [3.8, 4) is 17.0 Å². The van der Waals surface area contributed by atoms with E-state index >= 15 is 0 Å². The van der Waals surface area contributed by atoms with E-state index < -0.39 is 31.9 Å². The molecule has 0 radical (unpaired) electrons. The summed E-state index contributed by atoms with van der Waals surface area (Å²) in [6, 6.07) is 4.21. The van der Waals surface area contributed by atoms with E-state index in [4.69, 9.17) is 9.94 Å². The molecule has 0 aliphatic carbocycles. The average molecular weight is 441 g/mol. The fraction of sp³-hybridized carbons (Fsp3) is 0.421. The largest absolute Gasteiger partial charge is 0.475 e. The van der Waals surface area contributed by atoms with Crippen molar-refractivity contribution in [1.29, 1.82) is 0 Å². The highest BCUT2D eigenvalue weighted by Crippen LogP contribution is 2.30. The average Bonchev–Trinajstić information content (AvgIpc) is 2.66. The number of hydroxylamine groups is 1. The zero-order chi connectivity index (χ0) is 22.7. The number of nitrogens with zero attached hydrogens (tertiary/aromatic N) is 2. The maximum absolute atomic E-state index is 14.8. The molecule has 0 spiro atoms. The maximum Gasteiger partial charge on any atom is 0.264 e. The monoisotopic (exact) mass is 441 g/mol. The van der Waals surface area contributed by atoms with Gasteiger partial charge in [-0.05, 0) is 39.3 Å². The minimum Gasteiger partial charge on any atom is -0.475 e. The maximum atomic E-state index is 14.8. The summed E-state index contributed by atoms with van der Waals surface area (Å²) in [5.74, 6) is -1.71. The molecule has 0 bridgehead atoms.